The van der Waals surface area contributed by atoms with Gasteiger partial charge in [0.25, 0.3) is 0 Å². The maximum Gasteiger partial charge on any atom is 0.489 e. The predicted octanol–water partition coefficient (Wildman–Crippen LogP) is 3.86. The van der Waals surface area contributed by atoms with Crippen molar-refractivity contribution in [3.8, 4) is 22.4 Å². The lowest BCUT2D eigenvalue weighted by molar-refractivity contribution is 0.426. The summed E-state index contributed by atoms with van der Waals surface area (Å²) >= 11 is 1.58. The molecule has 0 aliphatic heterocycles. The van der Waals surface area contributed by atoms with Crippen molar-refractivity contribution in [2.45, 2.75) is 0 Å². The first-order valence-corrected chi connectivity index (χ1v) is 9.71. The molecule has 134 valence electrons. The number of hydrogen-bond donors (Lipinski definition) is 2. The van der Waals surface area contributed by atoms with E-state index in [0.29, 0.717) is 5.46 Å². The average Bonchev–Trinajstić information content (AvgIpc) is 3.12. The number of rotatable bonds is 3. The molecule has 2 N–H and O–H groups in total. The molecule has 0 radical (unpaired) electrons. The van der Waals surface area contributed by atoms with E-state index in [2.05, 4.69) is 40.3 Å². The van der Waals surface area contributed by atoms with E-state index in [1.807, 2.05) is 24.3 Å². The molecule has 0 fully saturated rings. The van der Waals surface area contributed by atoms with Crippen LogP contribution < -0.4 is 5.46 Å². The highest BCUT2D eigenvalue weighted by atomic mass is 32.1. The molecular formula is C22H15BN2O2S. The Hall–Kier alpha value is -3.06. The van der Waals surface area contributed by atoms with Crippen LogP contribution in [0.3, 0.4) is 0 Å². The summed E-state index contributed by atoms with van der Waals surface area (Å²) in [6.07, 6.45) is 5.14. The maximum absolute atomic E-state index is 9.69. The number of aromatic nitrogens is 2. The molecule has 0 unspecified atom stereocenters. The Morgan fingerprint density at radius 2 is 1.68 bits per heavy atom. The molecule has 0 atom stereocenters. The minimum Gasteiger partial charge on any atom is -0.423 e. The number of nitrogens with zero attached hydrogens (tertiary/aromatic N) is 2. The van der Waals surface area contributed by atoms with E-state index in [0.717, 1.165) is 42.6 Å². The highest BCUT2D eigenvalue weighted by molar-refractivity contribution is 7.27. The van der Waals surface area contributed by atoms with Crippen LogP contribution in [0, 0.1) is 0 Å². The van der Waals surface area contributed by atoms with Crippen LogP contribution in [0.2, 0.25) is 0 Å². The van der Waals surface area contributed by atoms with Crippen molar-refractivity contribution in [2.24, 2.45) is 0 Å². The van der Waals surface area contributed by atoms with E-state index in [1.54, 1.807) is 36.0 Å². The van der Waals surface area contributed by atoms with Crippen molar-refractivity contribution in [3.05, 3.63) is 79.3 Å². The fourth-order valence-corrected chi connectivity index (χ4v) is 4.86. The van der Waals surface area contributed by atoms with E-state index >= 15 is 0 Å². The summed E-state index contributed by atoms with van der Waals surface area (Å²) < 4.78 is 2.02. The van der Waals surface area contributed by atoms with Gasteiger partial charge in [0.1, 0.15) is 0 Å². The zero-order valence-electron chi connectivity index (χ0n) is 14.8. The lowest BCUT2D eigenvalue weighted by Gasteiger charge is -2.09. The highest BCUT2D eigenvalue weighted by Gasteiger charge is 2.18. The third-order valence-corrected chi connectivity index (χ3v) is 6.10. The fraction of sp³-hybridized carbons (Fsp3) is 0. The Morgan fingerprint density at radius 3 is 2.46 bits per heavy atom. The topological polar surface area (TPSA) is 66.2 Å². The number of thiophene rings is 1. The third kappa shape index (κ3) is 2.79. The first kappa shape index (κ1) is 17.1. The summed E-state index contributed by atoms with van der Waals surface area (Å²) in [5.74, 6) is 0. The van der Waals surface area contributed by atoms with Crippen LogP contribution >= 0.6 is 11.3 Å². The maximum atomic E-state index is 9.69. The molecule has 0 amide bonds. The molecule has 3 aromatic carbocycles. The second-order valence-corrected chi connectivity index (χ2v) is 7.60. The molecule has 0 aliphatic carbocycles. The van der Waals surface area contributed by atoms with Crippen molar-refractivity contribution in [1.82, 2.24) is 9.97 Å². The van der Waals surface area contributed by atoms with Gasteiger partial charge in [0, 0.05) is 32.7 Å². The van der Waals surface area contributed by atoms with Crippen LogP contribution in [0.5, 0.6) is 0 Å². The quantitative estimate of drug-likeness (QED) is 0.465. The normalized spacial score (nSPS) is 11.2. The number of fused-ring (bicyclic) bond motifs is 3. The SMILES string of the molecule is OB(O)c1cccc2c1sc1cc(-c3ccccc3-c3cnccn3)ccc12. The Labute approximate surface area is 165 Å². The van der Waals surface area contributed by atoms with Gasteiger partial charge in [-0.1, -0.05) is 54.6 Å². The molecule has 5 rings (SSSR count). The van der Waals surface area contributed by atoms with Crippen LogP contribution in [0.25, 0.3) is 42.6 Å². The summed E-state index contributed by atoms with van der Waals surface area (Å²) in [6.45, 7) is 0. The molecule has 2 heterocycles. The smallest absolute Gasteiger partial charge is 0.423 e. The van der Waals surface area contributed by atoms with Crippen LogP contribution in [0.15, 0.2) is 79.3 Å². The van der Waals surface area contributed by atoms with Crippen LogP contribution in [-0.2, 0) is 0 Å². The molecule has 0 saturated heterocycles. The highest BCUT2D eigenvalue weighted by Crippen LogP contribution is 2.37. The van der Waals surface area contributed by atoms with Crippen molar-refractivity contribution in [1.29, 1.82) is 0 Å². The van der Waals surface area contributed by atoms with E-state index in [1.165, 1.54) is 0 Å². The van der Waals surface area contributed by atoms with E-state index in [9.17, 15) is 10.0 Å². The zero-order valence-corrected chi connectivity index (χ0v) is 15.6. The molecule has 6 heteroatoms. The first-order chi connectivity index (χ1) is 13.7. The van der Waals surface area contributed by atoms with E-state index in [-0.39, 0.29) is 0 Å². The summed E-state index contributed by atoms with van der Waals surface area (Å²) in [7, 11) is -1.48. The second kappa shape index (κ2) is 6.84. The Balaban J connectivity index is 1.72. The summed E-state index contributed by atoms with van der Waals surface area (Å²) in [5.41, 5.74) is 4.58. The molecule has 4 nitrogen and oxygen atoms in total. The largest absolute Gasteiger partial charge is 0.489 e. The second-order valence-electron chi connectivity index (χ2n) is 6.55. The summed E-state index contributed by atoms with van der Waals surface area (Å²) in [6, 6.07) is 20.2. The van der Waals surface area contributed by atoms with Crippen molar-refractivity contribution >= 4 is 44.1 Å². The van der Waals surface area contributed by atoms with E-state index in [4.69, 9.17) is 0 Å². The van der Waals surface area contributed by atoms with Gasteiger partial charge in [0.15, 0.2) is 0 Å². The molecule has 2 aromatic heterocycles. The van der Waals surface area contributed by atoms with Crippen LogP contribution in [0.1, 0.15) is 0 Å². The van der Waals surface area contributed by atoms with Gasteiger partial charge in [-0.3, -0.25) is 9.97 Å². The summed E-state index contributed by atoms with van der Waals surface area (Å²) in [5, 5.41) is 21.5. The van der Waals surface area contributed by atoms with Gasteiger partial charge in [0.05, 0.1) is 11.9 Å². The average molecular weight is 382 g/mol. The zero-order chi connectivity index (χ0) is 19.1. The van der Waals surface area contributed by atoms with Crippen LogP contribution in [0.4, 0.5) is 0 Å². The number of hydrogen-bond acceptors (Lipinski definition) is 5. The lowest BCUT2D eigenvalue weighted by Crippen LogP contribution is -2.29. The van der Waals surface area contributed by atoms with Gasteiger partial charge < -0.3 is 10.0 Å². The van der Waals surface area contributed by atoms with Crippen molar-refractivity contribution in [3.63, 3.8) is 0 Å². The van der Waals surface area contributed by atoms with Gasteiger partial charge in [0.2, 0.25) is 0 Å². The first-order valence-electron chi connectivity index (χ1n) is 8.89. The molecular weight excluding hydrogens is 367 g/mol. The molecule has 0 saturated carbocycles. The monoisotopic (exact) mass is 382 g/mol. The Bertz CT molecular complexity index is 1300. The third-order valence-electron chi connectivity index (χ3n) is 4.88. The Morgan fingerprint density at radius 1 is 0.821 bits per heavy atom. The van der Waals surface area contributed by atoms with Gasteiger partial charge >= 0.3 is 7.12 Å². The predicted molar refractivity (Wildman–Crippen MR) is 116 cm³/mol. The summed E-state index contributed by atoms with van der Waals surface area (Å²) in [4.78, 5) is 8.64. The van der Waals surface area contributed by atoms with Gasteiger partial charge in [-0.05, 0) is 28.0 Å². The van der Waals surface area contributed by atoms with Crippen molar-refractivity contribution in [2.75, 3.05) is 0 Å². The lowest BCUT2D eigenvalue weighted by atomic mass is 9.80. The minimum absolute atomic E-state index is 0.542. The fourth-order valence-electron chi connectivity index (χ4n) is 3.59. The Kier molecular flexibility index (Phi) is 4.17. The minimum atomic E-state index is -1.48. The molecule has 0 spiro atoms. The standard InChI is InChI=1S/C22H15BN2O2S/c26-23(27)19-7-3-6-18-17-9-8-14(12-21(17)28-22(18)19)15-4-1-2-5-16(15)20-13-24-10-11-25-20/h1-13,26-27H. The van der Waals surface area contributed by atoms with Crippen molar-refractivity contribution < 1.29 is 10.0 Å². The van der Waals surface area contributed by atoms with Crippen LogP contribution in [-0.4, -0.2) is 27.1 Å². The molecule has 0 bridgehead atoms. The van der Waals surface area contributed by atoms with Gasteiger partial charge in [-0.2, -0.15) is 0 Å². The van der Waals surface area contributed by atoms with E-state index < -0.39 is 7.12 Å². The molecule has 0 aliphatic rings. The van der Waals surface area contributed by atoms with Gasteiger partial charge in [-0.15, -0.1) is 11.3 Å². The van der Waals surface area contributed by atoms with Gasteiger partial charge in [-0.25, -0.2) is 0 Å². The number of benzene rings is 3. The molecule has 5 aromatic rings. The molecule has 28 heavy (non-hydrogen) atoms.